The molecule has 0 atom stereocenters. The summed E-state index contributed by atoms with van der Waals surface area (Å²) in [5.74, 6) is -2.60. The summed E-state index contributed by atoms with van der Waals surface area (Å²) in [7, 11) is 1.36. The number of aromatic nitrogens is 3. The molecule has 0 N–H and O–H groups in total. The smallest absolute Gasteiger partial charge is 0.417 e. The van der Waals surface area contributed by atoms with Gasteiger partial charge in [-0.05, 0) is 30.0 Å². The molecule has 0 saturated carbocycles. The lowest BCUT2D eigenvalue weighted by Crippen LogP contribution is -2.25. The molecule has 0 aromatic carbocycles. The fourth-order valence-corrected chi connectivity index (χ4v) is 3.64. The number of hydrogen-bond acceptors (Lipinski definition) is 4. The van der Waals surface area contributed by atoms with E-state index in [1.165, 1.54) is 41.4 Å². The largest absolute Gasteiger partial charge is 0.472 e. The third-order valence-corrected chi connectivity index (χ3v) is 5.12. The Hall–Kier alpha value is -2.56. The van der Waals surface area contributed by atoms with Gasteiger partial charge < -0.3 is 4.74 Å². The number of hydrogen-bond donors (Lipinski definition) is 0. The zero-order valence-electron chi connectivity index (χ0n) is 16.3. The number of ether oxygens (including phenoxy) is 1. The average Bonchev–Trinajstić information content (AvgIpc) is 2.99. The summed E-state index contributed by atoms with van der Waals surface area (Å²) in [6.45, 7) is 1.62. The van der Waals surface area contributed by atoms with E-state index in [0.717, 1.165) is 16.8 Å². The molecule has 0 bridgehead atoms. The predicted molar refractivity (Wildman–Crippen MR) is 103 cm³/mol. The molecule has 0 aliphatic carbocycles. The van der Waals surface area contributed by atoms with Crippen LogP contribution in [0.2, 0.25) is 0 Å². The first kappa shape index (κ1) is 22.1. The topological polar surface area (TPSA) is 48.5 Å². The van der Waals surface area contributed by atoms with E-state index in [2.05, 4.69) is 4.98 Å². The van der Waals surface area contributed by atoms with Crippen LogP contribution in [0, 0.1) is 0 Å². The first-order valence-electron chi connectivity index (χ1n) is 8.85. The molecule has 0 fully saturated rings. The molecule has 30 heavy (non-hydrogen) atoms. The summed E-state index contributed by atoms with van der Waals surface area (Å²) in [4.78, 5) is 17.2. The summed E-state index contributed by atoms with van der Waals surface area (Å²) >= 11 is 1.24. The van der Waals surface area contributed by atoms with Gasteiger partial charge in [0.05, 0.1) is 11.1 Å². The summed E-state index contributed by atoms with van der Waals surface area (Å²) in [5.41, 5.74) is -0.809. The molecule has 0 aliphatic rings. The van der Waals surface area contributed by atoms with Crippen molar-refractivity contribution < 1.29 is 26.7 Å². The van der Waals surface area contributed by atoms with Gasteiger partial charge in [0.1, 0.15) is 16.4 Å². The number of nitrogens with zero attached hydrogens (tertiary/aromatic N) is 3. The van der Waals surface area contributed by atoms with Gasteiger partial charge in [-0.25, -0.2) is 13.8 Å². The van der Waals surface area contributed by atoms with Crippen LogP contribution in [0.3, 0.4) is 0 Å². The molecule has 0 unspecified atom stereocenters. The van der Waals surface area contributed by atoms with Crippen LogP contribution in [0.15, 0.2) is 40.3 Å². The van der Waals surface area contributed by atoms with E-state index < -0.39 is 29.8 Å². The Labute approximate surface area is 172 Å². The second-order valence-electron chi connectivity index (χ2n) is 6.65. The number of alkyl halides is 5. The van der Waals surface area contributed by atoms with E-state index in [9.17, 15) is 26.7 Å². The van der Waals surface area contributed by atoms with Crippen molar-refractivity contribution >= 4 is 17.4 Å². The lowest BCUT2D eigenvalue weighted by atomic mass is 10.2. The van der Waals surface area contributed by atoms with E-state index in [1.54, 1.807) is 0 Å². The highest BCUT2D eigenvalue weighted by Crippen LogP contribution is 2.34. The molecule has 0 spiro atoms. The number of thioether (sulfide) groups is 1. The van der Waals surface area contributed by atoms with Crippen LogP contribution in [0.25, 0.3) is 16.9 Å². The van der Waals surface area contributed by atoms with Crippen molar-refractivity contribution in [1.29, 1.82) is 0 Å². The first-order valence-corrected chi connectivity index (χ1v) is 9.84. The lowest BCUT2D eigenvalue weighted by molar-refractivity contribution is -0.137. The number of imidazole rings is 1. The fourth-order valence-electron chi connectivity index (χ4n) is 2.79. The molecular formula is C19H18F5N3O2S. The van der Waals surface area contributed by atoms with E-state index >= 15 is 0 Å². The van der Waals surface area contributed by atoms with Crippen molar-refractivity contribution in [1.82, 2.24) is 14.0 Å². The van der Waals surface area contributed by atoms with Crippen LogP contribution in [0.5, 0.6) is 5.88 Å². The molecule has 162 valence electrons. The lowest BCUT2D eigenvalue weighted by Gasteiger charge is -2.15. The maximum absolute atomic E-state index is 13.1. The molecule has 11 heteroatoms. The van der Waals surface area contributed by atoms with Crippen LogP contribution in [0.4, 0.5) is 22.0 Å². The zero-order chi connectivity index (χ0) is 22.3. The third kappa shape index (κ3) is 4.45. The Kier molecular flexibility index (Phi) is 5.85. The Balaban J connectivity index is 2.13. The Morgan fingerprint density at radius 1 is 1.13 bits per heavy atom. The minimum Gasteiger partial charge on any atom is -0.472 e. The maximum atomic E-state index is 13.1. The summed E-state index contributed by atoms with van der Waals surface area (Å²) in [6, 6.07) is 4.88. The molecule has 3 heterocycles. The van der Waals surface area contributed by atoms with Gasteiger partial charge in [-0.1, -0.05) is 6.92 Å². The molecule has 3 rings (SSSR count). The summed E-state index contributed by atoms with van der Waals surface area (Å²) < 4.78 is 72.8. The zero-order valence-corrected chi connectivity index (χ0v) is 17.1. The molecule has 3 aromatic rings. The van der Waals surface area contributed by atoms with Gasteiger partial charge in [-0.3, -0.25) is 13.8 Å². The second kappa shape index (κ2) is 7.93. The van der Waals surface area contributed by atoms with Crippen LogP contribution in [-0.4, -0.2) is 32.2 Å². The van der Waals surface area contributed by atoms with Crippen molar-refractivity contribution in [2.24, 2.45) is 7.05 Å². The van der Waals surface area contributed by atoms with Gasteiger partial charge in [0.25, 0.3) is 11.5 Å². The molecular weight excluding hydrogens is 429 g/mol. The predicted octanol–water partition coefficient (Wildman–Crippen LogP) is 4.86. The Bertz CT molecular complexity index is 1130. The van der Waals surface area contributed by atoms with Crippen molar-refractivity contribution in [3.63, 3.8) is 0 Å². The Morgan fingerprint density at radius 2 is 1.83 bits per heavy atom. The number of rotatable bonds is 6. The average molecular weight is 447 g/mol. The quantitative estimate of drug-likeness (QED) is 0.400. The second-order valence-corrected chi connectivity index (χ2v) is 7.90. The highest BCUT2D eigenvalue weighted by molar-refractivity contribution is 7.99. The van der Waals surface area contributed by atoms with E-state index in [4.69, 9.17) is 4.74 Å². The number of pyridine rings is 2. The van der Waals surface area contributed by atoms with Gasteiger partial charge in [-0.2, -0.15) is 13.2 Å². The minimum absolute atomic E-state index is 0.0573. The van der Waals surface area contributed by atoms with Crippen LogP contribution in [-0.2, 0) is 13.2 Å². The van der Waals surface area contributed by atoms with E-state index in [0.29, 0.717) is 17.7 Å². The molecule has 0 saturated heterocycles. The van der Waals surface area contributed by atoms with Crippen LogP contribution in [0.1, 0.15) is 19.4 Å². The minimum atomic E-state index is -4.52. The highest BCUT2D eigenvalue weighted by atomic mass is 32.2. The standard InChI is InChI=1S/C19H18F5N3O2S/c1-4-30-17-15(25-13-7-5-11(9-27(13)17)19(22,23)24)12-6-8-14(26(3)16(12)28)29-10-18(2,20)21/h5-9H,4,10H2,1-3H3. The van der Waals surface area contributed by atoms with Crippen molar-refractivity contribution in [2.75, 3.05) is 12.4 Å². The summed E-state index contributed by atoms with van der Waals surface area (Å²) in [5, 5.41) is 0.379. The van der Waals surface area contributed by atoms with E-state index in [-0.39, 0.29) is 22.8 Å². The van der Waals surface area contributed by atoms with Gasteiger partial charge in [0, 0.05) is 20.2 Å². The highest BCUT2D eigenvalue weighted by Gasteiger charge is 2.31. The normalized spacial score (nSPS) is 12.5. The third-order valence-electron chi connectivity index (χ3n) is 4.17. The fraction of sp³-hybridized carbons (Fsp3) is 0.368. The summed E-state index contributed by atoms with van der Waals surface area (Å²) in [6.07, 6.45) is -3.58. The molecule has 0 radical (unpaired) electrons. The van der Waals surface area contributed by atoms with Gasteiger partial charge in [0.2, 0.25) is 0 Å². The number of fused-ring (bicyclic) bond motifs is 1. The number of halogens is 5. The van der Waals surface area contributed by atoms with Gasteiger partial charge in [-0.15, -0.1) is 11.8 Å². The SMILES string of the molecule is CCSc1c(-c2ccc(OCC(C)(F)F)n(C)c2=O)nc2ccc(C(F)(F)F)cn12. The van der Waals surface area contributed by atoms with Gasteiger partial charge in [0.15, 0.2) is 12.5 Å². The van der Waals surface area contributed by atoms with Crippen LogP contribution < -0.4 is 10.3 Å². The molecule has 3 aromatic heterocycles. The first-order chi connectivity index (χ1) is 13.9. The van der Waals surface area contributed by atoms with Gasteiger partial charge >= 0.3 is 6.18 Å². The van der Waals surface area contributed by atoms with Crippen molar-refractivity contribution in [3.8, 4) is 17.1 Å². The molecule has 5 nitrogen and oxygen atoms in total. The maximum Gasteiger partial charge on any atom is 0.417 e. The van der Waals surface area contributed by atoms with Crippen LogP contribution >= 0.6 is 11.8 Å². The van der Waals surface area contributed by atoms with Crippen molar-refractivity contribution in [3.05, 3.63) is 46.4 Å². The molecule has 0 aliphatic heterocycles. The monoisotopic (exact) mass is 447 g/mol. The van der Waals surface area contributed by atoms with Crippen molar-refractivity contribution in [2.45, 2.75) is 31.0 Å². The van der Waals surface area contributed by atoms with E-state index in [1.807, 2.05) is 6.92 Å². The molecule has 0 amide bonds. The Morgan fingerprint density at radius 3 is 2.43 bits per heavy atom.